The van der Waals surface area contributed by atoms with Crippen LogP contribution in [0.1, 0.15) is 71.9 Å². The molecule has 4 heteroatoms. The number of nitrogens with zero attached hydrogens (tertiary/aromatic N) is 2. The zero-order valence-corrected chi connectivity index (χ0v) is 18.4. The van der Waals surface area contributed by atoms with Crippen LogP contribution >= 0.6 is 0 Å². The molecule has 0 saturated carbocycles. The van der Waals surface area contributed by atoms with E-state index in [1.54, 1.807) is 4.68 Å². The fourth-order valence-corrected chi connectivity index (χ4v) is 3.76. The molecule has 0 N–H and O–H groups in total. The quantitative estimate of drug-likeness (QED) is 0.374. The van der Waals surface area contributed by atoms with E-state index in [9.17, 15) is 4.79 Å². The van der Waals surface area contributed by atoms with E-state index in [-0.39, 0.29) is 5.91 Å². The molecule has 0 spiro atoms. The number of unbranched alkanes of at least 4 members (excludes halogenated alkanes) is 4. The van der Waals surface area contributed by atoms with Crippen LogP contribution in [0.3, 0.4) is 0 Å². The lowest BCUT2D eigenvalue weighted by Gasteiger charge is -2.11. The number of hydrogen-bond donors (Lipinski definition) is 0. The summed E-state index contributed by atoms with van der Waals surface area (Å²) in [7, 11) is 0. The molecule has 30 heavy (non-hydrogen) atoms. The van der Waals surface area contributed by atoms with Gasteiger partial charge in [-0.15, -0.1) is 0 Å². The van der Waals surface area contributed by atoms with Gasteiger partial charge < -0.3 is 4.74 Å². The van der Waals surface area contributed by atoms with E-state index < -0.39 is 0 Å². The van der Waals surface area contributed by atoms with E-state index in [1.807, 2.05) is 68.4 Å². The van der Waals surface area contributed by atoms with Crippen LogP contribution in [0, 0.1) is 13.8 Å². The maximum absolute atomic E-state index is 13.3. The minimum atomic E-state index is -0.142. The highest BCUT2D eigenvalue weighted by Crippen LogP contribution is 2.23. The number of hydrogen-bond acceptors (Lipinski definition) is 3. The van der Waals surface area contributed by atoms with Crippen molar-refractivity contribution >= 4 is 5.91 Å². The lowest BCUT2D eigenvalue weighted by molar-refractivity contribution is 0.0937. The smallest absolute Gasteiger partial charge is 0.282 e. The second-order valence-electron chi connectivity index (χ2n) is 7.80. The highest BCUT2D eigenvalue weighted by Gasteiger charge is 2.20. The molecule has 0 amide bonds. The van der Waals surface area contributed by atoms with E-state index >= 15 is 0 Å². The third-order valence-electron chi connectivity index (χ3n) is 5.52. The lowest BCUT2D eigenvalue weighted by Crippen LogP contribution is -2.17. The summed E-state index contributed by atoms with van der Waals surface area (Å²) in [6.45, 7) is 6.64. The van der Waals surface area contributed by atoms with Crippen LogP contribution in [0.15, 0.2) is 54.6 Å². The summed E-state index contributed by atoms with van der Waals surface area (Å²) in [5.41, 5.74) is 4.68. The van der Waals surface area contributed by atoms with E-state index in [2.05, 4.69) is 12.0 Å². The molecule has 0 fully saturated rings. The molecule has 2 aromatic carbocycles. The van der Waals surface area contributed by atoms with Crippen molar-refractivity contribution in [2.24, 2.45) is 0 Å². The summed E-state index contributed by atoms with van der Waals surface area (Å²) in [5.74, 6) is 0.441. The Morgan fingerprint density at radius 1 is 0.933 bits per heavy atom. The van der Waals surface area contributed by atoms with Crippen molar-refractivity contribution in [1.29, 1.82) is 0 Å². The fourth-order valence-electron chi connectivity index (χ4n) is 3.76. The fraction of sp³-hybridized carbons (Fsp3) is 0.385. The van der Waals surface area contributed by atoms with Gasteiger partial charge in [0.25, 0.3) is 5.91 Å². The highest BCUT2D eigenvalue weighted by molar-refractivity contribution is 5.98. The lowest BCUT2D eigenvalue weighted by atomic mass is 10.0. The molecule has 0 unspecified atom stereocenters. The van der Waals surface area contributed by atoms with E-state index in [0.29, 0.717) is 17.9 Å². The molecule has 4 nitrogen and oxygen atoms in total. The van der Waals surface area contributed by atoms with Gasteiger partial charge in [0.15, 0.2) is 0 Å². The third-order valence-corrected chi connectivity index (χ3v) is 5.52. The number of aryl methyl sites for hydroxylation is 1. The van der Waals surface area contributed by atoms with Crippen LogP contribution in [-0.4, -0.2) is 15.7 Å². The van der Waals surface area contributed by atoms with Crippen LogP contribution in [0.2, 0.25) is 0 Å². The molecule has 0 radical (unpaired) electrons. The molecule has 3 rings (SSSR count). The Bertz CT molecular complexity index is 960. The summed E-state index contributed by atoms with van der Waals surface area (Å²) >= 11 is 0. The van der Waals surface area contributed by atoms with Gasteiger partial charge in [0.1, 0.15) is 12.4 Å². The normalized spacial score (nSPS) is 10.9. The standard InChI is InChI=1S/C26H32N2O2/c1-4-5-6-7-11-16-23-20(2)27-28(21(23)3)26(29)24-17-12-13-18-25(24)30-19-22-14-9-8-10-15-22/h8-10,12-15,17-18H,4-7,11,16,19H2,1-3H3. The van der Waals surface area contributed by atoms with Crippen LogP contribution in [-0.2, 0) is 13.0 Å². The first-order valence-electron chi connectivity index (χ1n) is 11.0. The van der Waals surface area contributed by atoms with Crippen molar-refractivity contribution in [2.75, 3.05) is 0 Å². The van der Waals surface area contributed by atoms with E-state index in [1.165, 1.54) is 31.2 Å². The number of rotatable bonds is 10. The summed E-state index contributed by atoms with van der Waals surface area (Å²) in [4.78, 5) is 13.3. The molecule has 0 aliphatic rings. The zero-order chi connectivity index (χ0) is 21.3. The van der Waals surface area contributed by atoms with Crippen LogP contribution in [0.4, 0.5) is 0 Å². The van der Waals surface area contributed by atoms with Crippen LogP contribution in [0.5, 0.6) is 5.75 Å². The minimum absolute atomic E-state index is 0.142. The van der Waals surface area contributed by atoms with Gasteiger partial charge in [-0.05, 0) is 49.9 Å². The molecule has 0 atom stereocenters. The maximum atomic E-state index is 13.3. The van der Waals surface area contributed by atoms with Crippen LogP contribution < -0.4 is 4.74 Å². The largest absolute Gasteiger partial charge is 0.488 e. The van der Waals surface area contributed by atoms with Crippen molar-refractivity contribution in [1.82, 2.24) is 9.78 Å². The van der Waals surface area contributed by atoms with Crippen molar-refractivity contribution < 1.29 is 9.53 Å². The molecule has 1 aromatic heterocycles. The molecular weight excluding hydrogens is 372 g/mol. The van der Waals surface area contributed by atoms with Gasteiger partial charge in [0.2, 0.25) is 0 Å². The van der Waals surface area contributed by atoms with Gasteiger partial charge in [-0.2, -0.15) is 5.10 Å². The summed E-state index contributed by atoms with van der Waals surface area (Å²) < 4.78 is 7.53. The van der Waals surface area contributed by atoms with Gasteiger partial charge in [-0.3, -0.25) is 4.79 Å². The number of ether oxygens (including phenoxy) is 1. The summed E-state index contributed by atoms with van der Waals surface area (Å²) in [6, 6.07) is 17.4. The number of carbonyl (C=O) groups excluding carboxylic acids is 1. The van der Waals surface area contributed by atoms with Crippen molar-refractivity contribution in [3.05, 3.63) is 82.7 Å². The molecule has 158 valence electrons. The molecular formula is C26H32N2O2. The van der Waals surface area contributed by atoms with E-state index in [0.717, 1.165) is 29.8 Å². The van der Waals surface area contributed by atoms with Crippen molar-refractivity contribution in [2.45, 2.75) is 65.9 Å². The Morgan fingerprint density at radius 3 is 2.40 bits per heavy atom. The zero-order valence-electron chi connectivity index (χ0n) is 18.4. The highest BCUT2D eigenvalue weighted by atomic mass is 16.5. The Hall–Kier alpha value is -2.88. The first-order valence-corrected chi connectivity index (χ1v) is 11.0. The molecule has 0 bridgehead atoms. The van der Waals surface area contributed by atoms with Gasteiger partial charge in [-0.1, -0.05) is 75.1 Å². The minimum Gasteiger partial charge on any atom is -0.488 e. The monoisotopic (exact) mass is 404 g/mol. The predicted molar refractivity (Wildman–Crippen MR) is 121 cm³/mol. The van der Waals surface area contributed by atoms with Gasteiger partial charge >= 0.3 is 0 Å². The van der Waals surface area contributed by atoms with E-state index in [4.69, 9.17) is 4.74 Å². The number of para-hydroxylation sites is 1. The topological polar surface area (TPSA) is 44.1 Å². The summed E-state index contributed by atoms with van der Waals surface area (Å²) in [5, 5.41) is 4.57. The SMILES string of the molecule is CCCCCCCc1c(C)nn(C(=O)c2ccccc2OCc2ccccc2)c1C. The Morgan fingerprint density at radius 2 is 1.63 bits per heavy atom. The number of carbonyl (C=O) groups is 1. The first-order chi connectivity index (χ1) is 14.6. The summed E-state index contributed by atoms with van der Waals surface area (Å²) in [6.07, 6.45) is 7.14. The molecule has 0 aliphatic carbocycles. The first kappa shape index (κ1) is 21.8. The molecule has 0 aliphatic heterocycles. The Labute approximate surface area is 179 Å². The maximum Gasteiger partial charge on any atom is 0.282 e. The van der Waals surface area contributed by atoms with Gasteiger partial charge in [0.05, 0.1) is 11.3 Å². The third kappa shape index (κ3) is 5.38. The average molecular weight is 405 g/mol. The van der Waals surface area contributed by atoms with Crippen molar-refractivity contribution in [3.63, 3.8) is 0 Å². The number of aromatic nitrogens is 2. The average Bonchev–Trinajstić information content (AvgIpc) is 3.06. The van der Waals surface area contributed by atoms with Crippen molar-refractivity contribution in [3.8, 4) is 5.75 Å². The van der Waals surface area contributed by atoms with Gasteiger partial charge in [0, 0.05) is 5.69 Å². The Kier molecular flexibility index (Phi) is 7.83. The molecule has 0 saturated heterocycles. The molecule has 3 aromatic rings. The Balaban J connectivity index is 1.74. The number of benzene rings is 2. The second kappa shape index (κ2) is 10.8. The van der Waals surface area contributed by atoms with Crippen LogP contribution in [0.25, 0.3) is 0 Å². The second-order valence-corrected chi connectivity index (χ2v) is 7.80. The predicted octanol–water partition coefficient (Wildman–Crippen LogP) is 6.28. The molecule has 1 heterocycles. The van der Waals surface area contributed by atoms with Gasteiger partial charge in [-0.25, -0.2) is 4.68 Å².